The van der Waals surface area contributed by atoms with Gasteiger partial charge >= 0.3 is 5.97 Å². The molecule has 154 valence electrons. The monoisotopic (exact) mass is 457 g/mol. The van der Waals surface area contributed by atoms with Crippen LogP contribution < -0.4 is 11.1 Å². The Bertz CT molecular complexity index is 915. The molecule has 0 aromatic carbocycles. The standard InChI is InChI=1S/C16H16ClN5O5S2/c1-26-21-10(8-7-29-16(18)19-8)12(23)20-11-13(24)22-9(3-6-28-14(11)22)15(25)27-5-2-4-17/h2-4,7,11,14H,5-6H2,1H3,(H2,18,19)(H,20,23)/t11?,14-/m0/s1. The molecule has 3 heterocycles. The summed E-state index contributed by atoms with van der Waals surface area (Å²) in [6.45, 7) is -0.00665. The zero-order valence-electron chi connectivity index (χ0n) is 15.0. The first-order valence-electron chi connectivity index (χ1n) is 8.18. The Morgan fingerprint density at radius 2 is 2.34 bits per heavy atom. The largest absolute Gasteiger partial charge is 0.457 e. The van der Waals surface area contributed by atoms with Gasteiger partial charge in [-0.2, -0.15) is 0 Å². The van der Waals surface area contributed by atoms with E-state index in [1.165, 1.54) is 35.4 Å². The molecule has 1 aromatic rings. The number of hydrogen-bond donors (Lipinski definition) is 2. The molecule has 1 aromatic heterocycles. The molecule has 13 heteroatoms. The van der Waals surface area contributed by atoms with Crippen molar-refractivity contribution in [2.45, 2.75) is 11.4 Å². The fourth-order valence-corrected chi connectivity index (χ4v) is 4.48. The van der Waals surface area contributed by atoms with Crippen LogP contribution in [0.5, 0.6) is 0 Å². The maximum absolute atomic E-state index is 12.7. The molecule has 3 rings (SSSR count). The lowest BCUT2D eigenvalue weighted by atomic mass is 10.0. The number of oxime groups is 1. The molecule has 0 bridgehead atoms. The number of nitrogen functional groups attached to an aromatic ring is 1. The molecule has 1 saturated heterocycles. The number of anilines is 1. The number of amides is 2. The molecule has 2 amide bonds. The first-order valence-corrected chi connectivity index (χ1v) is 10.5. The number of thiazole rings is 1. The number of esters is 1. The van der Waals surface area contributed by atoms with Crippen molar-refractivity contribution in [2.24, 2.45) is 5.16 Å². The van der Waals surface area contributed by atoms with E-state index in [-0.39, 0.29) is 28.8 Å². The van der Waals surface area contributed by atoms with E-state index >= 15 is 0 Å². The Morgan fingerprint density at radius 3 is 3.00 bits per heavy atom. The second-order valence-electron chi connectivity index (χ2n) is 5.63. The van der Waals surface area contributed by atoms with E-state index < -0.39 is 29.2 Å². The van der Waals surface area contributed by atoms with E-state index in [1.54, 1.807) is 11.5 Å². The number of nitrogens with one attached hydrogen (secondary N) is 1. The minimum atomic E-state index is -0.829. The predicted octanol–water partition coefficient (Wildman–Crippen LogP) is 0.655. The number of thioether (sulfide) groups is 1. The second-order valence-corrected chi connectivity index (χ2v) is 7.92. The highest BCUT2D eigenvalue weighted by Gasteiger charge is 2.53. The van der Waals surface area contributed by atoms with E-state index in [9.17, 15) is 14.4 Å². The Hall–Kier alpha value is -2.57. The van der Waals surface area contributed by atoms with Gasteiger partial charge < -0.3 is 20.6 Å². The minimum absolute atomic E-state index is 0.00665. The summed E-state index contributed by atoms with van der Waals surface area (Å²) in [5.41, 5.74) is 7.12. The number of halogens is 1. The number of aromatic nitrogens is 1. The number of carbonyl (C=O) groups is 3. The first kappa shape index (κ1) is 21.1. The molecule has 0 aliphatic carbocycles. The number of ether oxygens (including phenoxy) is 1. The minimum Gasteiger partial charge on any atom is -0.457 e. The van der Waals surface area contributed by atoms with Gasteiger partial charge in [0, 0.05) is 16.7 Å². The first-order chi connectivity index (χ1) is 14.0. The van der Waals surface area contributed by atoms with Crippen molar-refractivity contribution in [1.29, 1.82) is 0 Å². The Kier molecular flexibility index (Phi) is 6.77. The van der Waals surface area contributed by atoms with Crippen LogP contribution in [0.15, 0.2) is 33.9 Å². The second kappa shape index (κ2) is 9.29. The van der Waals surface area contributed by atoms with Crippen LogP contribution in [0, 0.1) is 0 Å². The van der Waals surface area contributed by atoms with E-state index in [4.69, 9.17) is 26.9 Å². The summed E-state index contributed by atoms with van der Waals surface area (Å²) in [5, 5.41) is 7.70. The van der Waals surface area contributed by atoms with Gasteiger partial charge in [-0.05, 0) is 12.2 Å². The summed E-state index contributed by atoms with van der Waals surface area (Å²) < 4.78 is 5.05. The van der Waals surface area contributed by atoms with E-state index in [1.807, 2.05) is 0 Å². The lowest BCUT2D eigenvalue weighted by Gasteiger charge is -2.48. The van der Waals surface area contributed by atoms with Gasteiger partial charge in [-0.3, -0.25) is 14.5 Å². The highest BCUT2D eigenvalue weighted by atomic mass is 35.5. The van der Waals surface area contributed by atoms with Gasteiger partial charge in [-0.1, -0.05) is 16.8 Å². The van der Waals surface area contributed by atoms with Crippen molar-refractivity contribution in [3.05, 3.63) is 34.5 Å². The van der Waals surface area contributed by atoms with Gasteiger partial charge in [-0.25, -0.2) is 9.78 Å². The summed E-state index contributed by atoms with van der Waals surface area (Å²) in [6, 6.07) is -0.829. The molecular formula is C16H16ClN5O5S2. The summed E-state index contributed by atoms with van der Waals surface area (Å²) in [5.74, 6) is -1.22. The Labute approximate surface area is 178 Å². The van der Waals surface area contributed by atoms with Gasteiger partial charge in [0.25, 0.3) is 11.8 Å². The fraction of sp³-hybridized carbons (Fsp3) is 0.312. The molecule has 2 atom stereocenters. The zero-order valence-corrected chi connectivity index (χ0v) is 17.4. The summed E-state index contributed by atoms with van der Waals surface area (Å²) in [7, 11) is 1.29. The highest BCUT2D eigenvalue weighted by molar-refractivity contribution is 8.00. The van der Waals surface area contributed by atoms with Crippen LogP contribution in [0.3, 0.4) is 0 Å². The zero-order chi connectivity index (χ0) is 21.0. The van der Waals surface area contributed by atoms with Crippen LogP contribution in [0.25, 0.3) is 0 Å². The smallest absolute Gasteiger partial charge is 0.355 e. The SMILES string of the molecule is CON=C(C(=O)NC1C(=O)N2C(C(=O)OCC=CCl)=CCS[C@@H]12)c1csc(N)n1. The fourth-order valence-electron chi connectivity index (χ4n) is 2.67. The maximum atomic E-state index is 12.7. The molecule has 1 fully saturated rings. The number of nitrogens with two attached hydrogens (primary N) is 1. The van der Waals surface area contributed by atoms with E-state index in [2.05, 4.69) is 15.5 Å². The van der Waals surface area contributed by atoms with Crippen LogP contribution >= 0.6 is 34.7 Å². The van der Waals surface area contributed by atoms with Crippen molar-refractivity contribution < 1.29 is 24.0 Å². The maximum Gasteiger partial charge on any atom is 0.355 e. The summed E-state index contributed by atoms with van der Waals surface area (Å²) >= 11 is 7.95. The van der Waals surface area contributed by atoms with Crippen LogP contribution in [0.4, 0.5) is 5.13 Å². The Morgan fingerprint density at radius 1 is 1.55 bits per heavy atom. The quantitative estimate of drug-likeness (QED) is 0.263. The summed E-state index contributed by atoms with van der Waals surface area (Å²) in [6.07, 6.45) is 3.07. The third-order valence-electron chi connectivity index (χ3n) is 3.90. The van der Waals surface area contributed by atoms with Crippen molar-refractivity contribution in [3.8, 4) is 0 Å². The van der Waals surface area contributed by atoms with Gasteiger partial charge in [0.15, 0.2) is 10.8 Å². The summed E-state index contributed by atoms with van der Waals surface area (Å²) in [4.78, 5) is 47.5. The topological polar surface area (TPSA) is 136 Å². The average Bonchev–Trinajstić information content (AvgIpc) is 3.15. The third-order valence-corrected chi connectivity index (χ3v) is 5.94. The lowest BCUT2D eigenvalue weighted by Crippen LogP contribution is -2.70. The van der Waals surface area contributed by atoms with Gasteiger partial charge in [-0.15, -0.1) is 23.1 Å². The molecule has 2 aliphatic rings. The van der Waals surface area contributed by atoms with Crippen molar-refractivity contribution in [3.63, 3.8) is 0 Å². The molecular weight excluding hydrogens is 442 g/mol. The number of fused-ring (bicyclic) bond motifs is 1. The predicted molar refractivity (Wildman–Crippen MR) is 109 cm³/mol. The molecule has 3 N–H and O–H groups in total. The average molecular weight is 458 g/mol. The molecule has 29 heavy (non-hydrogen) atoms. The van der Waals surface area contributed by atoms with Crippen LogP contribution in [0.1, 0.15) is 5.69 Å². The molecule has 1 unspecified atom stereocenters. The lowest BCUT2D eigenvalue weighted by molar-refractivity contribution is -0.151. The van der Waals surface area contributed by atoms with Crippen LogP contribution in [0.2, 0.25) is 0 Å². The van der Waals surface area contributed by atoms with Gasteiger partial charge in [0.2, 0.25) is 0 Å². The third kappa shape index (κ3) is 4.38. The number of rotatable bonds is 7. The van der Waals surface area contributed by atoms with Gasteiger partial charge in [0.1, 0.15) is 36.5 Å². The van der Waals surface area contributed by atoms with Crippen LogP contribution in [-0.2, 0) is 24.0 Å². The van der Waals surface area contributed by atoms with E-state index in [0.717, 1.165) is 11.3 Å². The highest BCUT2D eigenvalue weighted by Crippen LogP contribution is 2.37. The normalized spacial score (nSPS) is 21.3. The molecule has 2 aliphatic heterocycles. The molecule has 0 spiro atoms. The van der Waals surface area contributed by atoms with Crippen LogP contribution in [-0.4, -0.2) is 64.3 Å². The number of β-lactam (4-membered cyclic amide) rings is 1. The number of nitrogens with zero attached hydrogens (tertiary/aromatic N) is 3. The number of carbonyl (C=O) groups excluding carboxylic acids is 3. The number of hydrogen-bond acceptors (Lipinski definition) is 10. The molecule has 0 saturated carbocycles. The van der Waals surface area contributed by atoms with Crippen molar-refractivity contribution >= 4 is 63.3 Å². The van der Waals surface area contributed by atoms with E-state index in [0.29, 0.717) is 5.75 Å². The van der Waals surface area contributed by atoms with Crippen molar-refractivity contribution in [1.82, 2.24) is 15.2 Å². The Balaban J connectivity index is 1.69. The molecule has 10 nitrogen and oxygen atoms in total. The van der Waals surface area contributed by atoms with Crippen molar-refractivity contribution in [2.75, 3.05) is 25.2 Å². The van der Waals surface area contributed by atoms with Gasteiger partial charge in [0.05, 0.1) is 0 Å². The molecule has 0 radical (unpaired) electrons.